The van der Waals surface area contributed by atoms with Crippen LogP contribution < -0.4 is 11.1 Å². The van der Waals surface area contributed by atoms with Crippen molar-refractivity contribution < 1.29 is 9.50 Å². The third kappa shape index (κ3) is 4.41. The molecule has 1 aromatic carbocycles. The van der Waals surface area contributed by atoms with Crippen molar-refractivity contribution in [2.45, 2.75) is 32.0 Å². The number of aliphatic hydroxyl groups is 1. The molecule has 0 aliphatic heterocycles. The molecule has 0 unspecified atom stereocenters. The van der Waals surface area contributed by atoms with Gasteiger partial charge in [-0.25, -0.2) is 9.38 Å². The summed E-state index contributed by atoms with van der Waals surface area (Å²) in [5.41, 5.74) is 6.79. The minimum atomic E-state index is -0.399. The number of guanidine groups is 1. The number of rotatable bonds is 4. The predicted octanol–water partition coefficient (Wildman–Crippen LogP) is 1.50. The summed E-state index contributed by atoms with van der Waals surface area (Å²) in [5.74, 6) is 0.0201. The second kappa shape index (κ2) is 6.89. The molecule has 4 nitrogen and oxygen atoms in total. The van der Waals surface area contributed by atoms with E-state index in [-0.39, 0.29) is 36.1 Å². The maximum absolute atomic E-state index is 13.1. The Labute approximate surface area is 123 Å². The smallest absolute Gasteiger partial charge is 0.189 e. The fourth-order valence-corrected chi connectivity index (χ4v) is 1.51. The maximum atomic E-state index is 13.1. The molecular weight excluding hydrogens is 348 g/mol. The summed E-state index contributed by atoms with van der Waals surface area (Å²) >= 11 is 0. The molecule has 0 heterocycles. The minimum absolute atomic E-state index is 0. The van der Waals surface area contributed by atoms with Crippen LogP contribution in [0.5, 0.6) is 0 Å². The fraction of sp³-hybridized carbons (Fsp3) is 0.417. The second-order valence-corrected chi connectivity index (χ2v) is 4.20. The highest BCUT2D eigenvalue weighted by atomic mass is 127. The Bertz CT molecular complexity index is 435. The molecule has 6 heteroatoms. The molecule has 0 saturated heterocycles. The highest BCUT2D eigenvalue weighted by Crippen LogP contribution is 2.18. The third-order valence-electron chi connectivity index (χ3n) is 2.64. The van der Waals surface area contributed by atoms with E-state index in [4.69, 9.17) is 10.8 Å². The minimum Gasteiger partial charge on any atom is -0.392 e. The third-order valence-corrected chi connectivity index (χ3v) is 2.64. The quantitative estimate of drug-likeness (QED) is 0.430. The average Bonchev–Trinajstić information content (AvgIpc) is 3.12. The van der Waals surface area contributed by atoms with E-state index < -0.39 is 5.82 Å². The van der Waals surface area contributed by atoms with Gasteiger partial charge in [-0.2, -0.15) is 0 Å². The van der Waals surface area contributed by atoms with Gasteiger partial charge in [0.15, 0.2) is 5.96 Å². The first-order valence-corrected chi connectivity index (χ1v) is 5.63. The number of nitrogens with one attached hydrogen (secondary N) is 1. The van der Waals surface area contributed by atoms with E-state index in [0.29, 0.717) is 18.5 Å². The molecule has 0 bridgehead atoms. The van der Waals surface area contributed by atoms with Crippen molar-refractivity contribution in [3.8, 4) is 0 Å². The van der Waals surface area contributed by atoms with Crippen LogP contribution in [0.1, 0.15) is 24.0 Å². The van der Waals surface area contributed by atoms with Crippen LogP contribution in [0.15, 0.2) is 23.2 Å². The van der Waals surface area contributed by atoms with Gasteiger partial charge in [0.1, 0.15) is 5.82 Å². The SMILES string of the molecule is I.NC(=NCc1ccc(F)c(CO)c1)NC1CC1. The standard InChI is InChI=1S/C12H16FN3O.HI/c13-11-4-1-8(5-9(11)7-17)6-15-12(14)16-10-2-3-10;/h1,4-5,10,17H,2-3,6-7H2,(H3,14,15,16);1H. The van der Waals surface area contributed by atoms with Crippen molar-refractivity contribution in [3.05, 3.63) is 35.1 Å². The summed E-state index contributed by atoms with van der Waals surface area (Å²) in [7, 11) is 0. The lowest BCUT2D eigenvalue weighted by atomic mass is 10.1. The Morgan fingerprint density at radius 3 is 2.83 bits per heavy atom. The van der Waals surface area contributed by atoms with Gasteiger partial charge in [0, 0.05) is 11.6 Å². The lowest BCUT2D eigenvalue weighted by Gasteiger charge is -2.05. The van der Waals surface area contributed by atoms with Crippen LogP contribution in [0.25, 0.3) is 0 Å². The highest BCUT2D eigenvalue weighted by Gasteiger charge is 2.21. The molecule has 0 amide bonds. The Balaban J connectivity index is 0.00000162. The largest absolute Gasteiger partial charge is 0.392 e. The van der Waals surface area contributed by atoms with E-state index in [1.54, 1.807) is 12.1 Å². The Morgan fingerprint density at radius 2 is 2.22 bits per heavy atom. The lowest BCUT2D eigenvalue weighted by molar-refractivity contribution is 0.275. The summed E-state index contributed by atoms with van der Waals surface area (Å²) in [5, 5.41) is 12.0. The van der Waals surface area contributed by atoms with Gasteiger partial charge in [0.2, 0.25) is 0 Å². The first-order valence-electron chi connectivity index (χ1n) is 5.63. The summed E-state index contributed by atoms with van der Waals surface area (Å²) in [6.07, 6.45) is 2.28. The van der Waals surface area contributed by atoms with Gasteiger partial charge in [-0.05, 0) is 30.5 Å². The number of aliphatic hydroxyl groups excluding tert-OH is 1. The number of hydrogen-bond donors (Lipinski definition) is 3. The van der Waals surface area contributed by atoms with Crippen LogP contribution >= 0.6 is 24.0 Å². The molecular formula is C12H17FIN3O. The molecule has 0 radical (unpaired) electrons. The molecule has 1 aliphatic rings. The number of benzene rings is 1. The van der Waals surface area contributed by atoms with Crippen LogP contribution in [0, 0.1) is 5.82 Å². The van der Waals surface area contributed by atoms with Crippen molar-refractivity contribution in [3.63, 3.8) is 0 Å². The van der Waals surface area contributed by atoms with E-state index in [9.17, 15) is 4.39 Å². The number of hydrogen-bond acceptors (Lipinski definition) is 2. The summed E-state index contributed by atoms with van der Waals surface area (Å²) < 4.78 is 13.1. The van der Waals surface area contributed by atoms with Gasteiger partial charge in [0.25, 0.3) is 0 Å². The average molecular weight is 365 g/mol. The molecule has 1 aromatic rings. The molecule has 1 saturated carbocycles. The highest BCUT2D eigenvalue weighted by molar-refractivity contribution is 14.0. The van der Waals surface area contributed by atoms with Crippen LogP contribution in [-0.2, 0) is 13.2 Å². The van der Waals surface area contributed by atoms with Crippen LogP contribution in [0.3, 0.4) is 0 Å². The number of halogens is 2. The Morgan fingerprint density at radius 1 is 1.50 bits per heavy atom. The topological polar surface area (TPSA) is 70.6 Å². The molecule has 18 heavy (non-hydrogen) atoms. The van der Waals surface area contributed by atoms with E-state index in [1.807, 2.05) is 0 Å². The second-order valence-electron chi connectivity index (χ2n) is 4.20. The first kappa shape index (κ1) is 15.2. The van der Waals surface area contributed by atoms with Crippen LogP contribution in [-0.4, -0.2) is 17.1 Å². The van der Waals surface area contributed by atoms with Gasteiger partial charge in [-0.15, -0.1) is 24.0 Å². The molecule has 0 aromatic heterocycles. The van der Waals surface area contributed by atoms with E-state index >= 15 is 0 Å². The first-order chi connectivity index (χ1) is 8.19. The number of nitrogens with two attached hydrogens (primary N) is 1. The zero-order chi connectivity index (χ0) is 12.3. The summed E-state index contributed by atoms with van der Waals surface area (Å²) in [6, 6.07) is 5.05. The summed E-state index contributed by atoms with van der Waals surface area (Å²) in [6.45, 7) is 0.0814. The summed E-state index contributed by atoms with van der Waals surface area (Å²) in [4.78, 5) is 4.16. The Hall–Kier alpha value is -0.890. The van der Waals surface area contributed by atoms with Gasteiger partial charge in [-0.1, -0.05) is 6.07 Å². The monoisotopic (exact) mass is 365 g/mol. The van der Waals surface area contributed by atoms with Gasteiger partial charge in [0.05, 0.1) is 13.2 Å². The van der Waals surface area contributed by atoms with Crippen molar-refractivity contribution in [1.29, 1.82) is 0 Å². The number of aliphatic imine (C=N–C) groups is 1. The predicted molar refractivity (Wildman–Crippen MR) is 79.2 cm³/mol. The van der Waals surface area contributed by atoms with E-state index in [1.165, 1.54) is 6.07 Å². The van der Waals surface area contributed by atoms with Gasteiger partial charge >= 0.3 is 0 Å². The zero-order valence-corrected chi connectivity index (χ0v) is 12.2. The number of nitrogens with zero attached hydrogens (tertiary/aromatic N) is 1. The molecule has 2 rings (SSSR count). The molecule has 0 spiro atoms. The van der Waals surface area contributed by atoms with Gasteiger partial charge < -0.3 is 16.2 Å². The van der Waals surface area contributed by atoms with Crippen molar-refractivity contribution in [2.24, 2.45) is 10.7 Å². The molecule has 4 N–H and O–H groups in total. The van der Waals surface area contributed by atoms with Crippen molar-refractivity contribution in [2.75, 3.05) is 0 Å². The zero-order valence-electron chi connectivity index (χ0n) is 9.90. The Kier molecular flexibility index (Phi) is 5.80. The van der Waals surface area contributed by atoms with E-state index in [0.717, 1.165) is 18.4 Å². The lowest BCUT2D eigenvalue weighted by Crippen LogP contribution is -2.33. The van der Waals surface area contributed by atoms with Crippen LogP contribution in [0.4, 0.5) is 4.39 Å². The fourth-order valence-electron chi connectivity index (χ4n) is 1.51. The maximum Gasteiger partial charge on any atom is 0.189 e. The molecule has 0 atom stereocenters. The normalized spacial score (nSPS) is 15.1. The molecule has 1 aliphatic carbocycles. The van der Waals surface area contributed by atoms with Crippen molar-refractivity contribution in [1.82, 2.24) is 5.32 Å². The van der Waals surface area contributed by atoms with E-state index in [2.05, 4.69) is 10.3 Å². The van der Waals surface area contributed by atoms with Crippen LogP contribution in [0.2, 0.25) is 0 Å². The molecule has 1 fully saturated rings. The molecule has 100 valence electrons. The van der Waals surface area contributed by atoms with Gasteiger partial charge in [-0.3, -0.25) is 0 Å². The van der Waals surface area contributed by atoms with Crippen molar-refractivity contribution >= 4 is 29.9 Å².